The Hall–Kier alpha value is -2.73. The summed E-state index contributed by atoms with van der Waals surface area (Å²) in [7, 11) is 4.91. The van der Waals surface area contributed by atoms with Crippen LogP contribution in [-0.4, -0.2) is 45.2 Å². The number of rotatable bonds is 7. The number of carbonyl (C=O) groups is 1. The minimum atomic E-state index is 0.101. The van der Waals surface area contributed by atoms with E-state index in [1.165, 1.54) is 5.56 Å². The van der Waals surface area contributed by atoms with Crippen molar-refractivity contribution in [2.75, 3.05) is 34.4 Å². The molecule has 0 aliphatic carbocycles. The molecule has 0 bridgehead atoms. The first kappa shape index (κ1) is 19.0. The molecule has 2 aromatic rings. The maximum atomic E-state index is 12.6. The van der Waals surface area contributed by atoms with Crippen molar-refractivity contribution in [2.45, 2.75) is 19.5 Å². The van der Waals surface area contributed by atoms with Crippen LogP contribution >= 0.6 is 0 Å². The lowest BCUT2D eigenvalue weighted by molar-refractivity contribution is -0.131. The van der Waals surface area contributed by atoms with Gasteiger partial charge < -0.3 is 24.4 Å². The largest absolute Gasteiger partial charge is 0.497 e. The predicted molar refractivity (Wildman–Crippen MR) is 103 cm³/mol. The van der Waals surface area contributed by atoms with Gasteiger partial charge in [0.15, 0.2) is 11.5 Å². The summed E-state index contributed by atoms with van der Waals surface area (Å²) in [5.41, 5.74) is 3.44. The van der Waals surface area contributed by atoms with Crippen LogP contribution in [0.5, 0.6) is 17.2 Å². The lowest BCUT2D eigenvalue weighted by atomic mass is 9.98. The van der Waals surface area contributed by atoms with E-state index in [2.05, 4.69) is 5.32 Å². The topological polar surface area (TPSA) is 60.0 Å². The summed E-state index contributed by atoms with van der Waals surface area (Å²) < 4.78 is 15.9. The maximum Gasteiger partial charge on any atom is 0.236 e. The molecule has 0 radical (unpaired) electrons. The molecule has 1 amide bonds. The standard InChI is InChI=1S/C21H26N2O4/c1-25-18-6-4-15(5-7-18)12-22-13-21(24)23-9-8-16-10-19(26-2)20(27-3)11-17(16)14-23/h4-7,10-11,22H,8-9,12-14H2,1-3H3. The third kappa shape index (κ3) is 4.52. The molecule has 0 saturated heterocycles. The second-order valence-electron chi connectivity index (χ2n) is 6.49. The fourth-order valence-electron chi connectivity index (χ4n) is 3.27. The van der Waals surface area contributed by atoms with E-state index in [4.69, 9.17) is 14.2 Å². The second kappa shape index (κ2) is 8.77. The first-order chi connectivity index (χ1) is 13.1. The van der Waals surface area contributed by atoms with Gasteiger partial charge in [0.1, 0.15) is 5.75 Å². The molecule has 0 saturated carbocycles. The highest BCUT2D eigenvalue weighted by atomic mass is 16.5. The summed E-state index contributed by atoms with van der Waals surface area (Å²) in [5.74, 6) is 2.36. The van der Waals surface area contributed by atoms with Gasteiger partial charge in [0.05, 0.1) is 27.9 Å². The van der Waals surface area contributed by atoms with Gasteiger partial charge in [0.2, 0.25) is 5.91 Å². The summed E-state index contributed by atoms with van der Waals surface area (Å²) in [6, 6.07) is 11.8. The summed E-state index contributed by atoms with van der Waals surface area (Å²) in [6.45, 7) is 2.27. The lowest BCUT2D eigenvalue weighted by Gasteiger charge is -2.29. The first-order valence-corrected chi connectivity index (χ1v) is 8.99. The molecular formula is C21H26N2O4. The van der Waals surface area contributed by atoms with Gasteiger partial charge in [0.25, 0.3) is 0 Å². The number of hydrogen-bond acceptors (Lipinski definition) is 5. The van der Waals surface area contributed by atoms with Gasteiger partial charge in [-0.2, -0.15) is 0 Å². The van der Waals surface area contributed by atoms with Crippen molar-refractivity contribution in [2.24, 2.45) is 0 Å². The van der Waals surface area contributed by atoms with Gasteiger partial charge in [-0.15, -0.1) is 0 Å². The van der Waals surface area contributed by atoms with E-state index in [1.807, 2.05) is 41.3 Å². The number of carbonyl (C=O) groups excluding carboxylic acids is 1. The second-order valence-corrected chi connectivity index (χ2v) is 6.49. The van der Waals surface area contributed by atoms with Crippen molar-refractivity contribution in [3.05, 3.63) is 53.1 Å². The predicted octanol–water partition coefficient (Wildman–Crippen LogP) is 2.39. The van der Waals surface area contributed by atoms with Gasteiger partial charge in [-0.05, 0) is 47.4 Å². The van der Waals surface area contributed by atoms with Gasteiger partial charge >= 0.3 is 0 Å². The van der Waals surface area contributed by atoms with Crippen LogP contribution in [0.4, 0.5) is 0 Å². The average molecular weight is 370 g/mol. The lowest BCUT2D eigenvalue weighted by Crippen LogP contribution is -2.41. The Balaban J connectivity index is 1.55. The highest BCUT2D eigenvalue weighted by molar-refractivity contribution is 5.78. The summed E-state index contributed by atoms with van der Waals surface area (Å²) in [5, 5.41) is 3.22. The molecule has 0 aromatic heterocycles. The molecule has 1 N–H and O–H groups in total. The SMILES string of the molecule is COc1ccc(CNCC(=O)N2CCc3cc(OC)c(OC)cc3C2)cc1. The molecule has 144 valence electrons. The zero-order chi connectivity index (χ0) is 19.2. The molecule has 0 unspecified atom stereocenters. The molecule has 1 aliphatic rings. The van der Waals surface area contributed by atoms with Crippen LogP contribution < -0.4 is 19.5 Å². The van der Waals surface area contributed by atoms with E-state index in [9.17, 15) is 4.79 Å². The van der Waals surface area contributed by atoms with Gasteiger partial charge in [-0.1, -0.05) is 12.1 Å². The quantitative estimate of drug-likeness (QED) is 0.811. The molecule has 0 atom stereocenters. The van der Waals surface area contributed by atoms with Crippen LogP contribution in [0.25, 0.3) is 0 Å². The number of methoxy groups -OCH3 is 3. The molecule has 1 aliphatic heterocycles. The zero-order valence-corrected chi connectivity index (χ0v) is 16.1. The van der Waals surface area contributed by atoms with Crippen molar-refractivity contribution in [3.8, 4) is 17.2 Å². The highest BCUT2D eigenvalue weighted by Gasteiger charge is 2.22. The van der Waals surface area contributed by atoms with Crippen LogP contribution in [-0.2, 0) is 24.3 Å². The molecule has 6 nitrogen and oxygen atoms in total. The van der Waals surface area contributed by atoms with Crippen molar-refractivity contribution in [1.82, 2.24) is 10.2 Å². The molecule has 27 heavy (non-hydrogen) atoms. The average Bonchev–Trinajstić information content (AvgIpc) is 2.72. The number of ether oxygens (including phenoxy) is 3. The van der Waals surface area contributed by atoms with Crippen LogP contribution in [0.1, 0.15) is 16.7 Å². The molecule has 0 fully saturated rings. The molecular weight excluding hydrogens is 344 g/mol. The maximum absolute atomic E-state index is 12.6. The Morgan fingerprint density at radius 3 is 2.30 bits per heavy atom. The molecule has 0 spiro atoms. The van der Waals surface area contributed by atoms with Crippen LogP contribution in [0.15, 0.2) is 36.4 Å². The van der Waals surface area contributed by atoms with E-state index in [0.29, 0.717) is 31.9 Å². The molecule has 6 heteroatoms. The Labute approximate surface area is 160 Å². The van der Waals surface area contributed by atoms with E-state index in [-0.39, 0.29) is 5.91 Å². The number of benzene rings is 2. The van der Waals surface area contributed by atoms with Gasteiger partial charge in [-0.3, -0.25) is 4.79 Å². The summed E-state index contributed by atoms with van der Waals surface area (Å²) in [6.07, 6.45) is 0.819. The Morgan fingerprint density at radius 1 is 1.00 bits per heavy atom. The molecule has 1 heterocycles. The number of hydrogen-bond donors (Lipinski definition) is 1. The van der Waals surface area contributed by atoms with Crippen molar-refractivity contribution in [1.29, 1.82) is 0 Å². The Bertz CT molecular complexity index is 790. The van der Waals surface area contributed by atoms with Crippen molar-refractivity contribution < 1.29 is 19.0 Å². The van der Waals surface area contributed by atoms with E-state index < -0.39 is 0 Å². The zero-order valence-electron chi connectivity index (χ0n) is 16.1. The van der Waals surface area contributed by atoms with Gasteiger partial charge in [0, 0.05) is 19.6 Å². The smallest absolute Gasteiger partial charge is 0.236 e. The number of nitrogens with one attached hydrogen (secondary N) is 1. The van der Waals surface area contributed by atoms with Crippen molar-refractivity contribution >= 4 is 5.91 Å². The Kier molecular flexibility index (Phi) is 6.19. The van der Waals surface area contributed by atoms with Crippen LogP contribution in [0.2, 0.25) is 0 Å². The third-order valence-corrected chi connectivity index (χ3v) is 4.84. The first-order valence-electron chi connectivity index (χ1n) is 8.99. The summed E-state index contributed by atoms with van der Waals surface area (Å²) in [4.78, 5) is 14.4. The molecule has 2 aromatic carbocycles. The number of fused-ring (bicyclic) bond motifs is 1. The minimum Gasteiger partial charge on any atom is -0.497 e. The van der Waals surface area contributed by atoms with E-state index in [1.54, 1.807) is 21.3 Å². The molecule has 3 rings (SSSR count). The Morgan fingerprint density at radius 2 is 1.67 bits per heavy atom. The fourth-order valence-corrected chi connectivity index (χ4v) is 3.27. The highest BCUT2D eigenvalue weighted by Crippen LogP contribution is 2.33. The van der Waals surface area contributed by atoms with Crippen LogP contribution in [0, 0.1) is 0 Å². The fraction of sp³-hybridized carbons (Fsp3) is 0.381. The minimum absolute atomic E-state index is 0.101. The number of amides is 1. The number of nitrogens with zero attached hydrogens (tertiary/aromatic N) is 1. The monoisotopic (exact) mass is 370 g/mol. The van der Waals surface area contributed by atoms with E-state index in [0.717, 1.165) is 29.0 Å². The van der Waals surface area contributed by atoms with E-state index >= 15 is 0 Å². The third-order valence-electron chi connectivity index (χ3n) is 4.84. The van der Waals surface area contributed by atoms with Crippen molar-refractivity contribution in [3.63, 3.8) is 0 Å². The normalized spacial score (nSPS) is 13.1. The van der Waals surface area contributed by atoms with Crippen LogP contribution in [0.3, 0.4) is 0 Å². The summed E-state index contributed by atoms with van der Waals surface area (Å²) >= 11 is 0. The van der Waals surface area contributed by atoms with Gasteiger partial charge in [-0.25, -0.2) is 0 Å².